The van der Waals surface area contributed by atoms with Crippen molar-refractivity contribution in [3.8, 4) is 0 Å². The summed E-state index contributed by atoms with van der Waals surface area (Å²) in [5.74, 6) is -0.935. The summed E-state index contributed by atoms with van der Waals surface area (Å²) < 4.78 is 0. The molecule has 1 saturated heterocycles. The molecule has 0 aromatic heterocycles. The van der Waals surface area contributed by atoms with Crippen LogP contribution < -0.4 is 0 Å². The number of hydrogen-bond acceptors (Lipinski definition) is 3. The summed E-state index contributed by atoms with van der Waals surface area (Å²) in [5, 5.41) is 19.0. The van der Waals surface area contributed by atoms with E-state index in [2.05, 4.69) is 34.3 Å². The van der Waals surface area contributed by atoms with Gasteiger partial charge in [-0.2, -0.15) is 5.06 Å². The molecule has 2 N–H and O–H groups in total. The molecule has 16 heavy (non-hydrogen) atoms. The molecule has 0 amide bonds. The van der Waals surface area contributed by atoms with E-state index in [1.165, 1.54) is 12.0 Å². The molecule has 1 heterocycles. The maximum Gasteiger partial charge on any atom is 0.330 e. The first kappa shape index (κ1) is 15.1. The maximum absolute atomic E-state index is 9.62. The summed E-state index contributed by atoms with van der Waals surface area (Å²) in [5.41, 5.74) is 0.127. The molecule has 0 spiro atoms. The number of hydrogen-bond donors (Lipinski definition) is 2. The molecule has 0 aromatic carbocycles. The van der Waals surface area contributed by atoms with Crippen LogP contribution in [-0.2, 0) is 4.79 Å². The second kappa shape index (κ2) is 4.97. The molecule has 1 aliphatic rings. The second-order valence-corrected chi connectivity index (χ2v) is 5.52. The van der Waals surface area contributed by atoms with Gasteiger partial charge in [-0.1, -0.05) is 6.58 Å². The Kier molecular flexibility index (Phi) is 4.70. The first-order valence-corrected chi connectivity index (χ1v) is 5.39. The lowest BCUT2D eigenvalue weighted by atomic mass is 10.0. The number of carboxylic acid groups (broad SMARTS) is 1. The third-order valence-corrected chi connectivity index (χ3v) is 2.86. The topological polar surface area (TPSA) is 60.8 Å². The molecule has 94 valence electrons. The van der Waals surface area contributed by atoms with Gasteiger partial charge >= 0.3 is 5.97 Å². The molecular formula is C12H23NO3. The Hall–Kier alpha value is -0.870. The zero-order valence-electron chi connectivity index (χ0n) is 10.9. The summed E-state index contributed by atoms with van der Waals surface area (Å²) in [4.78, 5) is 9.60. The fourth-order valence-electron chi connectivity index (χ4n) is 1.64. The number of carboxylic acids is 1. The van der Waals surface area contributed by atoms with Crippen LogP contribution in [0.1, 0.15) is 47.5 Å². The number of rotatable bonds is 1. The zero-order chi connectivity index (χ0) is 13.1. The van der Waals surface area contributed by atoms with E-state index < -0.39 is 5.97 Å². The van der Waals surface area contributed by atoms with E-state index in [-0.39, 0.29) is 16.7 Å². The molecular weight excluding hydrogens is 206 g/mol. The number of hydroxylamine groups is 2. The van der Waals surface area contributed by atoms with Crippen LogP contribution in [0.4, 0.5) is 0 Å². The van der Waals surface area contributed by atoms with Crippen LogP contribution in [0.25, 0.3) is 0 Å². The Morgan fingerprint density at radius 2 is 1.44 bits per heavy atom. The molecule has 0 unspecified atom stereocenters. The number of carbonyl (C=O) groups is 1. The van der Waals surface area contributed by atoms with Crippen molar-refractivity contribution in [1.29, 1.82) is 0 Å². The van der Waals surface area contributed by atoms with E-state index in [9.17, 15) is 10.0 Å². The van der Waals surface area contributed by atoms with E-state index in [4.69, 9.17) is 5.11 Å². The minimum atomic E-state index is -0.935. The Morgan fingerprint density at radius 1 is 1.19 bits per heavy atom. The molecule has 0 atom stereocenters. The molecule has 1 aliphatic heterocycles. The van der Waals surface area contributed by atoms with Crippen molar-refractivity contribution >= 4 is 5.97 Å². The van der Waals surface area contributed by atoms with Gasteiger partial charge in [0, 0.05) is 16.7 Å². The fraction of sp³-hybridized carbons (Fsp3) is 0.750. The predicted molar refractivity (Wildman–Crippen MR) is 63.5 cm³/mol. The Morgan fingerprint density at radius 3 is 1.50 bits per heavy atom. The normalized spacial score (nSPS) is 22.1. The number of aliphatic carboxylic acids is 1. The summed E-state index contributed by atoms with van der Waals surface area (Å²) in [6.45, 7) is 12.9. The van der Waals surface area contributed by atoms with Gasteiger partial charge in [0.05, 0.1) is 0 Å². The van der Waals surface area contributed by atoms with E-state index >= 15 is 0 Å². The van der Waals surface area contributed by atoms with Crippen LogP contribution in [0.15, 0.2) is 12.2 Å². The SMILES string of the molecule is C=C(C)C(=O)O.CC1(C)CCC(C)(C)N1O. The van der Waals surface area contributed by atoms with Crippen LogP contribution in [-0.4, -0.2) is 32.4 Å². The van der Waals surface area contributed by atoms with Gasteiger partial charge in [-0.25, -0.2) is 4.79 Å². The van der Waals surface area contributed by atoms with Crippen molar-refractivity contribution < 1.29 is 15.1 Å². The smallest absolute Gasteiger partial charge is 0.330 e. The van der Waals surface area contributed by atoms with Crippen molar-refractivity contribution in [1.82, 2.24) is 5.06 Å². The van der Waals surface area contributed by atoms with E-state index in [1.54, 1.807) is 0 Å². The van der Waals surface area contributed by atoms with Gasteiger partial charge in [-0.15, -0.1) is 0 Å². The standard InChI is InChI=1S/C8H17NO.C4H6O2/c1-7(2)5-6-8(3,4)9(7)10;1-3(2)4(5)6/h10H,5-6H2,1-4H3;1H2,2H3,(H,5,6). The van der Waals surface area contributed by atoms with E-state index in [0.717, 1.165) is 12.8 Å². The minimum absolute atomic E-state index is 0.0243. The van der Waals surface area contributed by atoms with Crippen LogP contribution in [0.2, 0.25) is 0 Å². The highest BCUT2D eigenvalue weighted by molar-refractivity contribution is 5.84. The van der Waals surface area contributed by atoms with Crippen LogP contribution in [0, 0.1) is 0 Å². The van der Waals surface area contributed by atoms with Gasteiger partial charge in [0.25, 0.3) is 0 Å². The first-order chi connectivity index (χ1) is 7.00. The van der Waals surface area contributed by atoms with E-state index in [0.29, 0.717) is 0 Å². The predicted octanol–water partition coefficient (Wildman–Crippen LogP) is 2.68. The fourth-order valence-corrected chi connectivity index (χ4v) is 1.64. The summed E-state index contributed by atoms with van der Waals surface area (Å²) in [6, 6.07) is 0. The van der Waals surface area contributed by atoms with Gasteiger partial charge in [-0.05, 0) is 47.5 Å². The van der Waals surface area contributed by atoms with Crippen molar-refractivity contribution in [3.63, 3.8) is 0 Å². The third-order valence-electron chi connectivity index (χ3n) is 2.86. The molecule has 1 rings (SSSR count). The average molecular weight is 229 g/mol. The quantitative estimate of drug-likeness (QED) is 0.679. The molecule has 0 bridgehead atoms. The molecule has 0 radical (unpaired) electrons. The molecule has 0 aromatic rings. The highest BCUT2D eigenvalue weighted by atomic mass is 16.5. The number of nitrogens with zero attached hydrogens (tertiary/aromatic N) is 1. The van der Waals surface area contributed by atoms with Gasteiger partial charge in [0.15, 0.2) is 0 Å². The summed E-state index contributed by atoms with van der Waals surface area (Å²) in [7, 11) is 0. The van der Waals surface area contributed by atoms with Crippen LogP contribution >= 0.6 is 0 Å². The summed E-state index contributed by atoms with van der Waals surface area (Å²) in [6.07, 6.45) is 2.16. The van der Waals surface area contributed by atoms with Gasteiger partial charge in [-0.3, -0.25) is 0 Å². The summed E-state index contributed by atoms with van der Waals surface area (Å²) >= 11 is 0. The molecule has 4 nitrogen and oxygen atoms in total. The van der Waals surface area contributed by atoms with Gasteiger partial charge < -0.3 is 10.3 Å². The van der Waals surface area contributed by atoms with Crippen LogP contribution in [0.3, 0.4) is 0 Å². The Bertz CT molecular complexity index is 254. The highest BCUT2D eigenvalue weighted by Crippen LogP contribution is 2.38. The third kappa shape index (κ3) is 3.94. The second-order valence-electron chi connectivity index (χ2n) is 5.52. The molecule has 1 fully saturated rings. The average Bonchev–Trinajstić information content (AvgIpc) is 2.31. The lowest BCUT2D eigenvalue weighted by molar-refractivity contribution is -0.191. The van der Waals surface area contributed by atoms with Crippen molar-refractivity contribution in [2.75, 3.05) is 0 Å². The largest absolute Gasteiger partial charge is 0.478 e. The van der Waals surface area contributed by atoms with Crippen molar-refractivity contribution in [2.24, 2.45) is 0 Å². The minimum Gasteiger partial charge on any atom is -0.478 e. The van der Waals surface area contributed by atoms with E-state index in [1.807, 2.05) is 0 Å². The monoisotopic (exact) mass is 229 g/mol. The Labute approximate surface area is 97.5 Å². The van der Waals surface area contributed by atoms with Crippen LogP contribution in [0.5, 0.6) is 0 Å². The first-order valence-electron chi connectivity index (χ1n) is 5.39. The highest BCUT2D eigenvalue weighted by Gasteiger charge is 2.43. The molecule has 4 heteroatoms. The molecule has 0 aliphatic carbocycles. The van der Waals surface area contributed by atoms with Gasteiger partial charge in [0.2, 0.25) is 0 Å². The lowest BCUT2D eigenvalue weighted by Crippen LogP contribution is -2.45. The molecule has 0 saturated carbocycles. The lowest BCUT2D eigenvalue weighted by Gasteiger charge is -2.34. The van der Waals surface area contributed by atoms with Crippen molar-refractivity contribution in [2.45, 2.75) is 58.5 Å². The zero-order valence-corrected chi connectivity index (χ0v) is 10.9. The Balaban J connectivity index is 0.000000325. The maximum atomic E-state index is 9.62. The van der Waals surface area contributed by atoms with Crippen molar-refractivity contribution in [3.05, 3.63) is 12.2 Å². The van der Waals surface area contributed by atoms with Gasteiger partial charge in [0.1, 0.15) is 0 Å².